The zero-order chi connectivity index (χ0) is 23.3. The number of para-hydroxylation sites is 1. The molecule has 1 aromatic carbocycles. The SMILES string of the molecule is O=C(Cn1c(=O)cc(-c2nc(-c3ccncc3)no2)c2ccccc21)NCCC1=CCCCC1. The number of pyridine rings is 2. The van der Waals surface area contributed by atoms with Gasteiger partial charge >= 0.3 is 0 Å². The highest BCUT2D eigenvalue weighted by Crippen LogP contribution is 2.28. The maximum atomic E-state index is 13.0. The van der Waals surface area contributed by atoms with Gasteiger partial charge in [0.25, 0.3) is 11.4 Å². The number of nitrogens with one attached hydrogen (secondary N) is 1. The molecule has 0 unspecified atom stereocenters. The van der Waals surface area contributed by atoms with Gasteiger partial charge in [-0.2, -0.15) is 4.98 Å². The Balaban J connectivity index is 1.39. The summed E-state index contributed by atoms with van der Waals surface area (Å²) in [6.45, 7) is 0.528. The van der Waals surface area contributed by atoms with Crippen LogP contribution in [-0.4, -0.2) is 32.1 Å². The van der Waals surface area contributed by atoms with Crippen molar-refractivity contribution in [1.29, 1.82) is 0 Å². The Morgan fingerprint density at radius 2 is 1.97 bits per heavy atom. The predicted octanol–water partition coefficient (Wildman–Crippen LogP) is 4.12. The van der Waals surface area contributed by atoms with Crippen molar-refractivity contribution in [2.24, 2.45) is 0 Å². The normalized spacial score (nSPS) is 13.6. The van der Waals surface area contributed by atoms with E-state index in [9.17, 15) is 9.59 Å². The summed E-state index contributed by atoms with van der Waals surface area (Å²) in [6, 6.07) is 12.4. The number of nitrogens with zero attached hydrogens (tertiary/aromatic N) is 4. The van der Waals surface area contributed by atoms with Gasteiger partial charge in [0.05, 0.1) is 11.1 Å². The molecule has 0 spiro atoms. The molecule has 1 aliphatic rings. The van der Waals surface area contributed by atoms with Crippen molar-refractivity contribution in [1.82, 2.24) is 25.0 Å². The maximum absolute atomic E-state index is 13.0. The highest BCUT2D eigenvalue weighted by atomic mass is 16.5. The van der Waals surface area contributed by atoms with E-state index in [0.29, 0.717) is 23.4 Å². The minimum absolute atomic E-state index is 0.0508. The van der Waals surface area contributed by atoms with Gasteiger partial charge < -0.3 is 9.84 Å². The third kappa shape index (κ3) is 4.66. The molecule has 5 rings (SSSR count). The van der Waals surface area contributed by atoms with Crippen LogP contribution in [0.1, 0.15) is 32.1 Å². The number of carbonyl (C=O) groups is 1. The third-order valence-electron chi connectivity index (χ3n) is 6.07. The number of fused-ring (bicyclic) bond motifs is 1. The van der Waals surface area contributed by atoms with Crippen LogP contribution in [0.2, 0.25) is 0 Å². The Bertz CT molecular complexity index is 1400. The fraction of sp³-hybridized carbons (Fsp3) is 0.269. The van der Waals surface area contributed by atoms with Gasteiger partial charge in [0.1, 0.15) is 6.54 Å². The van der Waals surface area contributed by atoms with Crippen LogP contribution in [-0.2, 0) is 11.3 Å². The number of aromatic nitrogens is 4. The zero-order valence-corrected chi connectivity index (χ0v) is 18.7. The molecule has 0 saturated heterocycles. The van der Waals surface area contributed by atoms with Crippen molar-refractivity contribution in [3.05, 3.63) is 76.9 Å². The van der Waals surface area contributed by atoms with E-state index >= 15 is 0 Å². The van der Waals surface area contributed by atoms with Crippen LogP contribution in [0.4, 0.5) is 0 Å². The molecule has 4 aromatic rings. The van der Waals surface area contributed by atoms with Gasteiger partial charge in [0.2, 0.25) is 11.7 Å². The topological polar surface area (TPSA) is 103 Å². The van der Waals surface area contributed by atoms with Crippen molar-refractivity contribution in [2.75, 3.05) is 6.54 Å². The summed E-state index contributed by atoms with van der Waals surface area (Å²) in [6.07, 6.45) is 11.1. The molecular formula is C26H25N5O3. The highest BCUT2D eigenvalue weighted by Gasteiger charge is 2.17. The quantitative estimate of drug-likeness (QED) is 0.421. The lowest BCUT2D eigenvalue weighted by Gasteiger charge is -2.14. The molecule has 1 amide bonds. The fourth-order valence-electron chi connectivity index (χ4n) is 4.32. The van der Waals surface area contributed by atoms with Crippen LogP contribution in [0, 0.1) is 0 Å². The summed E-state index contributed by atoms with van der Waals surface area (Å²) in [4.78, 5) is 34.1. The number of hydrogen-bond donors (Lipinski definition) is 1. The lowest BCUT2D eigenvalue weighted by Crippen LogP contribution is -2.33. The Hall–Kier alpha value is -4.07. The second-order valence-electron chi connectivity index (χ2n) is 8.37. The van der Waals surface area contributed by atoms with Crippen molar-refractivity contribution >= 4 is 16.8 Å². The Labute approximate surface area is 196 Å². The summed E-state index contributed by atoms with van der Waals surface area (Å²) in [7, 11) is 0. The van der Waals surface area contributed by atoms with Crippen molar-refractivity contribution in [2.45, 2.75) is 38.6 Å². The van der Waals surface area contributed by atoms with E-state index in [0.717, 1.165) is 30.2 Å². The van der Waals surface area contributed by atoms with E-state index in [1.54, 1.807) is 24.5 Å². The summed E-state index contributed by atoms with van der Waals surface area (Å²) in [5.41, 5.74) is 3.04. The molecule has 3 aromatic heterocycles. The molecule has 0 bridgehead atoms. The first-order chi connectivity index (χ1) is 16.7. The molecule has 0 radical (unpaired) electrons. The number of allylic oxidation sites excluding steroid dienone is 1. The largest absolute Gasteiger partial charge is 0.354 e. The summed E-state index contributed by atoms with van der Waals surface area (Å²) in [5, 5.41) is 7.76. The molecule has 34 heavy (non-hydrogen) atoms. The van der Waals surface area contributed by atoms with E-state index < -0.39 is 0 Å². The van der Waals surface area contributed by atoms with E-state index in [2.05, 4.69) is 26.5 Å². The van der Waals surface area contributed by atoms with Gasteiger partial charge in [-0.05, 0) is 50.3 Å². The molecule has 0 atom stereocenters. The average molecular weight is 456 g/mol. The van der Waals surface area contributed by atoms with Gasteiger partial charge in [-0.1, -0.05) is 35.0 Å². The summed E-state index contributed by atoms with van der Waals surface area (Å²) < 4.78 is 6.97. The monoisotopic (exact) mass is 455 g/mol. The van der Waals surface area contributed by atoms with E-state index in [1.807, 2.05) is 24.3 Å². The maximum Gasteiger partial charge on any atom is 0.259 e. The van der Waals surface area contributed by atoms with E-state index in [-0.39, 0.29) is 23.9 Å². The first kappa shape index (κ1) is 21.8. The van der Waals surface area contributed by atoms with Gasteiger partial charge in [-0.25, -0.2) is 0 Å². The average Bonchev–Trinajstić information content (AvgIpc) is 3.37. The second kappa shape index (κ2) is 9.82. The first-order valence-corrected chi connectivity index (χ1v) is 11.5. The fourth-order valence-corrected chi connectivity index (χ4v) is 4.32. The second-order valence-corrected chi connectivity index (χ2v) is 8.37. The van der Waals surface area contributed by atoms with Gasteiger partial charge in [-0.15, -0.1) is 0 Å². The molecule has 0 saturated carbocycles. The van der Waals surface area contributed by atoms with E-state index in [4.69, 9.17) is 4.52 Å². The summed E-state index contributed by atoms with van der Waals surface area (Å²) >= 11 is 0. The lowest BCUT2D eigenvalue weighted by molar-refractivity contribution is -0.121. The molecule has 1 N–H and O–H groups in total. The number of carbonyl (C=O) groups excluding carboxylic acids is 1. The number of rotatable bonds is 7. The Kier molecular flexibility index (Phi) is 6.29. The minimum atomic E-state index is -0.303. The Morgan fingerprint density at radius 3 is 2.79 bits per heavy atom. The summed E-state index contributed by atoms with van der Waals surface area (Å²) in [5.74, 6) is 0.477. The van der Waals surface area contributed by atoms with Crippen LogP contribution in [0.5, 0.6) is 0 Å². The molecule has 0 fully saturated rings. The minimum Gasteiger partial charge on any atom is -0.354 e. The smallest absolute Gasteiger partial charge is 0.259 e. The highest BCUT2D eigenvalue weighted by molar-refractivity contribution is 5.93. The molecule has 172 valence electrons. The molecule has 8 heteroatoms. The Morgan fingerprint density at radius 1 is 1.12 bits per heavy atom. The number of amides is 1. The van der Waals surface area contributed by atoms with Crippen molar-refractivity contribution in [3.8, 4) is 22.8 Å². The number of hydrogen-bond acceptors (Lipinski definition) is 6. The lowest BCUT2D eigenvalue weighted by atomic mass is 9.97. The molecular weight excluding hydrogens is 430 g/mol. The van der Waals surface area contributed by atoms with Gasteiger partial charge in [0, 0.05) is 36.0 Å². The van der Waals surface area contributed by atoms with Gasteiger partial charge in [0.15, 0.2) is 0 Å². The van der Waals surface area contributed by atoms with Gasteiger partial charge in [-0.3, -0.25) is 19.1 Å². The first-order valence-electron chi connectivity index (χ1n) is 11.5. The molecule has 8 nitrogen and oxygen atoms in total. The van der Waals surface area contributed by atoms with Crippen LogP contribution >= 0.6 is 0 Å². The standard InChI is InChI=1S/C26H25N5O3/c32-23(28-15-10-18-6-2-1-3-7-18)17-31-22-9-5-4-8-20(22)21(16-24(31)33)26-29-25(30-34-26)19-11-13-27-14-12-19/h4-6,8-9,11-14,16H,1-3,7,10,15,17H2,(H,28,32). The molecule has 3 heterocycles. The predicted molar refractivity (Wildman–Crippen MR) is 129 cm³/mol. The van der Waals surface area contributed by atoms with Crippen molar-refractivity contribution in [3.63, 3.8) is 0 Å². The van der Waals surface area contributed by atoms with E-state index in [1.165, 1.54) is 29.0 Å². The van der Waals surface area contributed by atoms with Crippen LogP contribution < -0.4 is 10.9 Å². The molecule has 1 aliphatic carbocycles. The van der Waals surface area contributed by atoms with Crippen LogP contribution in [0.25, 0.3) is 33.7 Å². The van der Waals surface area contributed by atoms with Crippen molar-refractivity contribution < 1.29 is 9.32 Å². The zero-order valence-electron chi connectivity index (χ0n) is 18.7. The van der Waals surface area contributed by atoms with Crippen LogP contribution in [0.3, 0.4) is 0 Å². The van der Waals surface area contributed by atoms with Crippen LogP contribution in [0.15, 0.2) is 75.8 Å². The third-order valence-corrected chi connectivity index (χ3v) is 6.07. The molecule has 0 aliphatic heterocycles. The number of benzene rings is 1.